The van der Waals surface area contributed by atoms with Gasteiger partial charge in [0.15, 0.2) is 0 Å². The van der Waals surface area contributed by atoms with Crippen LogP contribution in [0.4, 0.5) is 23.7 Å². The van der Waals surface area contributed by atoms with Gasteiger partial charge in [-0.2, -0.15) is 13.2 Å². The van der Waals surface area contributed by atoms with E-state index in [1.165, 1.54) is 12.1 Å². The Morgan fingerprint density at radius 1 is 1.04 bits per heavy atom. The van der Waals surface area contributed by atoms with Crippen LogP contribution in [0.1, 0.15) is 26.3 Å². The maximum absolute atomic E-state index is 12.7. The van der Waals surface area contributed by atoms with Crippen molar-refractivity contribution < 1.29 is 22.7 Å². The molecule has 0 aliphatic carbocycles. The van der Waals surface area contributed by atoms with E-state index in [1.54, 1.807) is 4.90 Å². The Labute approximate surface area is 157 Å². The molecule has 0 spiro atoms. The van der Waals surface area contributed by atoms with Crippen LogP contribution in [-0.2, 0) is 10.9 Å². The third-order valence-corrected chi connectivity index (χ3v) is 4.55. The van der Waals surface area contributed by atoms with Gasteiger partial charge in [-0.1, -0.05) is 0 Å². The lowest BCUT2D eigenvalue weighted by atomic mass is 10.1. The molecule has 3 rings (SSSR count). The summed E-state index contributed by atoms with van der Waals surface area (Å²) in [6.07, 6.45) is -0.886. The highest BCUT2D eigenvalue weighted by Crippen LogP contribution is 2.31. The third kappa shape index (κ3) is 4.67. The first-order valence-electron chi connectivity index (χ1n) is 8.89. The number of carbonyl (C=O) groups is 1. The summed E-state index contributed by atoms with van der Waals surface area (Å²) in [5.41, 5.74) is -0.525. The van der Waals surface area contributed by atoms with E-state index in [2.05, 4.69) is 4.90 Å². The number of alkyl halides is 3. The first-order chi connectivity index (χ1) is 12.5. The molecule has 2 aliphatic rings. The van der Waals surface area contributed by atoms with Gasteiger partial charge in [0.1, 0.15) is 5.60 Å². The minimum absolute atomic E-state index is 0.0542. The first-order valence-corrected chi connectivity index (χ1v) is 8.89. The highest BCUT2D eigenvalue weighted by atomic mass is 19.4. The van der Waals surface area contributed by atoms with E-state index in [-0.39, 0.29) is 12.1 Å². The van der Waals surface area contributed by atoms with Crippen LogP contribution in [0, 0.1) is 0 Å². The molecule has 1 amide bonds. The molecule has 8 heteroatoms. The monoisotopic (exact) mass is 383 g/mol. The molecule has 0 radical (unpaired) electrons. The predicted molar refractivity (Wildman–Crippen MR) is 96.2 cm³/mol. The van der Waals surface area contributed by atoms with Gasteiger partial charge in [0.05, 0.1) is 11.6 Å². The maximum Gasteiger partial charge on any atom is 0.416 e. The van der Waals surface area contributed by atoms with E-state index in [1.807, 2.05) is 38.1 Å². The number of hydrogen-bond acceptors (Lipinski definition) is 4. The first kappa shape index (κ1) is 19.4. The van der Waals surface area contributed by atoms with E-state index >= 15 is 0 Å². The molecule has 1 atom stereocenters. The average Bonchev–Trinajstić information content (AvgIpc) is 2.58. The highest BCUT2D eigenvalue weighted by Gasteiger charge is 2.34. The number of rotatable bonds is 1. The van der Waals surface area contributed by atoms with Crippen molar-refractivity contribution in [2.75, 3.05) is 31.1 Å². The minimum Gasteiger partial charge on any atom is -0.444 e. The van der Waals surface area contributed by atoms with Crippen LogP contribution in [0.5, 0.6) is 0 Å². The molecule has 0 N–H and O–H groups in total. The summed E-state index contributed by atoms with van der Waals surface area (Å²) in [7, 11) is 0. The van der Waals surface area contributed by atoms with Crippen LogP contribution in [0.2, 0.25) is 0 Å². The summed E-state index contributed by atoms with van der Waals surface area (Å²) < 4.78 is 43.7. The van der Waals surface area contributed by atoms with Crippen LogP contribution in [-0.4, -0.2) is 53.7 Å². The zero-order valence-corrected chi connectivity index (χ0v) is 15.7. The van der Waals surface area contributed by atoms with E-state index in [9.17, 15) is 18.0 Å². The summed E-state index contributed by atoms with van der Waals surface area (Å²) in [6.45, 7) is 7.86. The summed E-state index contributed by atoms with van der Waals surface area (Å²) >= 11 is 0. The Bertz CT molecular complexity index is 710. The van der Waals surface area contributed by atoms with Crippen LogP contribution in [0.25, 0.3) is 0 Å². The summed E-state index contributed by atoms with van der Waals surface area (Å²) in [6, 6.07) is 5.17. The fourth-order valence-electron chi connectivity index (χ4n) is 3.21. The van der Waals surface area contributed by atoms with Crippen LogP contribution in [0.3, 0.4) is 0 Å². The number of halogens is 3. The number of benzene rings is 1. The van der Waals surface area contributed by atoms with Gasteiger partial charge in [-0.25, -0.2) is 4.79 Å². The van der Waals surface area contributed by atoms with Crippen molar-refractivity contribution in [3.8, 4) is 0 Å². The van der Waals surface area contributed by atoms with Crippen LogP contribution >= 0.6 is 0 Å². The van der Waals surface area contributed by atoms with E-state index < -0.39 is 17.3 Å². The molecule has 1 unspecified atom stereocenters. The predicted octanol–water partition coefficient (Wildman–Crippen LogP) is 3.92. The second-order valence-corrected chi connectivity index (χ2v) is 7.81. The average molecular weight is 383 g/mol. The van der Waals surface area contributed by atoms with Gasteiger partial charge < -0.3 is 19.4 Å². The minimum atomic E-state index is -4.34. The van der Waals surface area contributed by atoms with Crippen molar-refractivity contribution in [3.63, 3.8) is 0 Å². The van der Waals surface area contributed by atoms with Crippen molar-refractivity contribution in [1.82, 2.24) is 9.80 Å². The molecule has 27 heavy (non-hydrogen) atoms. The largest absolute Gasteiger partial charge is 0.444 e. The second-order valence-electron chi connectivity index (χ2n) is 7.81. The van der Waals surface area contributed by atoms with Crippen LogP contribution in [0.15, 0.2) is 36.7 Å². The Balaban J connectivity index is 1.67. The Kier molecular flexibility index (Phi) is 5.01. The summed E-state index contributed by atoms with van der Waals surface area (Å²) in [5, 5.41) is 0. The maximum atomic E-state index is 12.7. The second kappa shape index (κ2) is 6.98. The topological polar surface area (TPSA) is 36.0 Å². The third-order valence-electron chi connectivity index (χ3n) is 4.55. The number of fused-ring (bicyclic) bond motifs is 1. The molecule has 1 aromatic carbocycles. The van der Waals surface area contributed by atoms with Gasteiger partial charge in [-0.15, -0.1) is 0 Å². The van der Waals surface area contributed by atoms with Gasteiger partial charge in [0, 0.05) is 44.3 Å². The van der Waals surface area contributed by atoms with Gasteiger partial charge in [-0.3, -0.25) is 0 Å². The van der Waals surface area contributed by atoms with E-state index in [0.717, 1.165) is 12.1 Å². The van der Waals surface area contributed by atoms with Gasteiger partial charge >= 0.3 is 12.3 Å². The van der Waals surface area contributed by atoms with Crippen LogP contribution < -0.4 is 4.90 Å². The molecule has 148 valence electrons. The van der Waals surface area contributed by atoms with Crippen molar-refractivity contribution in [2.45, 2.75) is 38.6 Å². The standard InChI is InChI=1S/C19H24F3N3O2/c1-18(2,3)27-17(26)25-11-9-23-8-10-24(12-16(23)13-25)15-6-4-14(5-7-15)19(20,21)22/h4-8,10,16H,9,11-13H2,1-3H3. The smallest absolute Gasteiger partial charge is 0.416 e. The number of hydrogen-bond donors (Lipinski definition) is 0. The number of carbonyl (C=O) groups excluding carboxylic acids is 1. The number of amides is 1. The molecule has 0 aromatic heterocycles. The fourth-order valence-corrected chi connectivity index (χ4v) is 3.21. The SMILES string of the molecule is CC(C)(C)OC(=O)N1CCN2C=CN(c3ccc(C(F)(F)F)cc3)CC2C1. The van der Waals surface area contributed by atoms with E-state index in [4.69, 9.17) is 4.74 Å². The van der Waals surface area contributed by atoms with Crippen molar-refractivity contribution in [1.29, 1.82) is 0 Å². The fraction of sp³-hybridized carbons (Fsp3) is 0.526. The van der Waals surface area contributed by atoms with Gasteiger partial charge in [0.2, 0.25) is 0 Å². The number of nitrogens with zero attached hydrogens (tertiary/aromatic N) is 3. The molecular formula is C19H24F3N3O2. The molecule has 2 heterocycles. The van der Waals surface area contributed by atoms with E-state index in [0.29, 0.717) is 31.9 Å². The quantitative estimate of drug-likeness (QED) is 0.737. The zero-order chi connectivity index (χ0) is 19.8. The molecule has 1 saturated heterocycles. The van der Waals surface area contributed by atoms with Gasteiger partial charge in [0.25, 0.3) is 0 Å². The van der Waals surface area contributed by atoms with Crippen molar-refractivity contribution in [3.05, 3.63) is 42.2 Å². The Hall–Kier alpha value is -2.38. The highest BCUT2D eigenvalue weighted by molar-refractivity contribution is 5.68. The normalized spacial score (nSPS) is 20.5. The Morgan fingerprint density at radius 2 is 1.70 bits per heavy atom. The van der Waals surface area contributed by atoms with Crippen molar-refractivity contribution in [2.24, 2.45) is 0 Å². The Morgan fingerprint density at radius 3 is 2.30 bits per heavy atom. The van der Waals surface area contributed by atoms with Crippen molar-refractivity contribution >= 4 is 11.8 Å². The lowest BCUT2D eigenvalue weighted by molar-refractivity contribution is -0.137. The van der Waals surface area contributed by atoms with Gasteiger partial charge in [-0.05, 0) is 45.0 Å². The zero-order valence-electron chi connectivity index (χ0n) is 15.7. The molecule has 5 nitrogen and oxygen atoms in total. The number of ether oxygens (including phenoxy) is 1. The molecular weight excluding hydrogens is 359 g/mol. The molecule has 1 aromatic rings. The molecule has 0 bridgehead atoms. The molecule has 0 saturated carbocycles. The lowest BCUT2D eigenvalue weighted by Crippen LogP contribution is -2.58. The molecule has 2 aliphatic heterocycles. The number of anilines is 1. The summed E-state index contributed by atoms with van der Waals surface area (Å²) in [4.78, 5) is 18.1. The lowest BCUT2D eigenvalue weighted by Gasteiger charge is -2.45. The molecule has 1 fully saturated rings. The number of piperazine rings is 1. The summed E-state index contributed by atoms with van der Waals surface area (Å²) in [5.74, 6) is 0.